The van der Waals surface area contributed by atoms with E-state index in [4.69, 9.17) is 4.74 Å². The molecule has 1 N–H and O–H groups in total. The second-order valence-electron chi connectivity index (χ2n) is 5.93. The number of hydrogen-bond donors (Lipinski definition) is 1. The van der Waals surface area contributed by atoms with Crippen molar-refractivity contribution in [2.75, 3.05) is 19.7 Å². The molecule has 0 aromatic heterocycles. The highest BCUT2D eigenvalue weighted by molar-refractivity contribution is 5.82. The number of carbonyl (C=O) groups excluding carboxylic acids is 1. The van der Waals surface area contributed by atoms with Crippen molar-refractivity contribution in [3.8, 4) is 0 Å². The van der Waals surface area contributed by atoms with E-state index in [1.54, 1.807) is 0 Å². The summed E-state index contributed by atoms with van der Waals surface area (Å²) in [5, 5.41) is 3.38. The third kappa shape index (κ3) is 3.23. The van der Waals surface area contributed by atoms with Gasteiger partial charge in [0.25, 0.3) is 0 Å². The van der Waals surface area contributed by atoms with Crippen LogP contribution in [0.2, 0.25) is 0 Å². The van der Waals surface area contributed by atoms with Crippen molar-refractivity contribution in [1.82, 2.24) is 10.2 Å². The molecule has 2 aliphatic heterocycles. The molecule has 0 spiro atoms. The van der Waals surface area contributed by atoms with Crippen molar-refractivity contribution in [2.24, 2.45) is 5.92 Å². The van der Waals surface area contributed by atoms with E-state index in [1.165, 1.54) is 0 Å². The summed E-state index contributed by atoms with van der Waals surface area (Å²) in [7, 11) is 0. The molecule has 2 heterocycles. The molecule has 2 aliphatic rings. The number of rotatable bonds is 4. The first-order valence-electron chi connectivity index (χ1n) is 7.24. The molecule has 1 amide bonds. The average molecular weight is 254 g/mol. The average Bonchev–Trinajstić information content (AvgIpc) is 2.70. The number of hydrogen-bond acceptors (Lipinski definition) is 3. The van der Waals surface area contributed by atoms with Crippen molar-refractivity contribution < 1.29 is 9.53 Å². The predicted molar refractivity (Wildman–Crippen MR) is 71.4 cm³/mol. The van der Waals surface area contributed by atoms with E-state index in [1.807, 2.05) is 4.90 Å². The fourth-order valence-electron chi connectivity index (χ4n) is 2.98. The normalized spacial score (nSPS) is 33.4. The van der Waals surface area contributed by atoms with Gasteiger partial charge in [0.15, 0.2) is 0 Å². The van der Waals surface area contributed by atoms with Gasteiger partial charge in [0.05, 0.1) is 12.1 Å². The summed E-state index contributed by atoms with van der Waals surface area (Å²) in [6.45, 7) is 8.95. The van der Waals surface area contributed by atoms with E-state index in [0.29, 0.717) is 18.1 Å². The maximum Gasteiger partial charge on any atom is 0.239 e. The van der Waals surface area contributed by atoms with Gasteiger partial charge in [-0.1, -0.05) is 13.8 Å². The summed E-state index contributed by atoms with van der Waals surface area (Å²) >= 11 is 0. The molecule has 3 atom stereocenters. The summed E-state index contributed by atoms with van der Waals surface area (Å²) in [6, 6.07) is 0.393. The Morgan fingerprint density at radius 2 is 2.22 bits per heavy atom. The Kier molecular flexibility index (Phi) is 4.62. The fraction of sp³-hybridized carbons (Fsp3) is 0.929. The van der Waals surface area contributed by atoms with E-state index in [2.05, 4.69) is 26.1 Å². The molecule has 4 nitrogen and oxygen atoms in total. The standard InChI is InChI=1S/C14H26N2O2/c1-10(2)15-13-5-4-7-16(14(13)17)9-12-6-8-18-11(12)3/h10-13,15H,4-9H2,1-3H3. The van der Waals surface area contributed by atoms with E-state index in [-0.39, 0.29) is 11.9 Å². The van der Waals surface area contributed by atoms with Crippen molar-refractivity contribution >= 4 is 5.91 Å². The highest BCUT2D eigenvalue weighted by atomic mass is 16.5. The zero-order valence-electron chi connectivity index (χ0n) is 11.8. The molecule has 104 valence electrons. The van der Waals surface area contributed by atoms with Crippen LogP contribution >= 0.6 is 0 Å². The topological polar surface area (TPSA) is 41.6 Å². The molecule has 18 heavy (non-hydrogen) atoms. The summed E-state index contributed by atoms with van der Waals surface area (Å²) in [6.07, 6.45) is 3.48. The summed E-state index contributed by atoms with van der Waals surface area (Å²) < 4.78 is 5.58. The first-order chi connectivity index (χ1) is 8.58. The number of carbonyl (C=O) groups is 1. The zero-order chi connectivity index (χ0) is 13.1. The van der Waals surface area contributed by atoms with Crippen LogP contribution in [-0.4, -0.2) is 48.7 Å². The number of piperidine rings is 1. The molecule has 0 saturated carbocycles. The molecule has 0 bridgehead atoms. The molecule has 2 saturated heterocycles. The number of nitrogens with one attached hydrogen (secondary N) is 1. The second kappa shape index (κ2) is 6.02. The minimum absolute atomic E-state index is 0.0244. The molecule has 0 aromatic carbocycles. The Bertz CT molecular complexity index is 294. The van der Waals surface area contributed by atoms with E-state index >= 15 is 0 Å². The van der Waals surface area contributed by atoms with Crippen molar-refractivity contribution in [1.29, 1.82) is 0 Å². The lowest BCUT2D eigenvalue weighted by Gasteiger charge is -2.35. The summed E-state index contributed by atoms with van der Waals surface area (Å²) in [5.41, 5.74) is 0. The third-order valence-electron chi connectivity index (χ3n) is 4.05. The monoisotopic (exact) mass is 254 g/mol. The van der Waals surface area contributed by atoms with Crippen molar-refractivity contribution in [3.63, 3.8) is 0 Å². The molecule has 3 unspecified atom stereocenters. The Balaban J connectivity index is 1.89. The van der Waals surface area contributed by atoms with Crippen molar-refractivity contribution in [3.05, 3.63) is 0 Å². The molecule has 0 radical (unpaired) electrons. The fourth-order valence-corrected chi connectivity index (χ4v) is 2.98. The maximum absolute atomic E-state index is 12.4. The number of ether oxygens (including phenoxy) is 1. The van der Waals surface area contributed by atoms with Gasteiger partial charge in [0.1, 0.15) is 0 Å². The largest absolute Gasteiger partial charge is 0.378 e. The van der Waals surface area contributed by atoms with Gasteiger partial charge in [-0.3, -0.25) is 4.79 Å². The second-order valence-corrected chi connectivity index (χ2v) is 5.93. The zero-order valence-corrected chi connectivity index (χ0v) is 11.8. The van der Waals surface area contributed by atoms with Crippen LogP contribution in [0.4, 0.5) is 0 Å². The molecule has 2 rings (SSSR count). The Hall–Kier alpha value is -0.610. The predicted octanol–water partition coefficient (Wildman–Crippen LogP) is 1.40. The van der Waals surface area contributed by atoms with Crippen LogP contribution in [0.1, 0.15) is 40.0 Å². The van der Waals surface area contributed by atoms with Gasteiger partial charge in [-0.25, -0.2) is 0 Å². The minimum Gasteiger partial charge on any atom is -0.378 e. The first-order valence-corrected chi connectivity index (χ1v) is 7.24. The van der Waals surface area contributed by atoms with Gasteiger partial charge in [0.2, 0.25) is 5.91 Å². The SMILES string of the molecule is CC(C)NC1CCCN(CC2CCOC2C)C1=O. The van der Waals surface area contributed by atoms with Gasteiger partial charge in [-0.2, -0.15) is 0 Å². The van der Waals surface area contributed by atoms with E-state index in [9.17, 15) is 4.79 Å². The van der Waals surface area contributed by atoms with Gasteiger partial charge in [0, 0.05) is 31.7 Å². The lowest BCUT2D eigenvalue weighted by Crippen LogP contribution is -2.53. The molecular weight excluding hydrogens is 228 g/mol. The Morgan fingerprint density at radius 3 is 2.83 bits per heavy atom. The third-order valence-corrected chi connectivity index (χ3v) is 4.05. The highest BCUT2D eigenvalue weighted by Crippen LogP contribution is 2.23. The highest BCUT2D eigenvalue weighted by Gasteiger charge is 2.33. The van der Waals surface area contributed by atoms with Crippen LogP contribution < -0.4 is 5.32 Å². The van der Waals surface area contributed by atoms with Crippen LogP contribution in [0.15, 0.2) is 0 Å². The number of amides is 1. The Labute approximate surface area is 110 Å². The molecule has 2 fully saturated rings. The minimum atomic E-state index is 0.0244. The van der Waals surface area contributed by atoms with Crippen LogP contribution in [0.5, 0.6) is 0 Å². The quantitative estimate of drug-likeness (QED) is 0.824. The Morgan fingerprint density at radius 1 is 1.44 bits per heavy atom. The van der Waals surface area contributed by atoms with Gasteiger partial charge in [-0.15, -0.1) is 0 Å². The molecule has 0 aromatic rings. The van der Waals surface area contributed by atoms with Gasteiger partial charge >= 0.3 is 0 Å². The van der Waals surface area contributed by atoms with Crippen LogP contribution in [0.3, 0.4) is 0 Å². The summed E-state index contributed by atoms with van der Waals surface area (Å²) in [5.74, 6) is 0.806. The summed E-state index contributed by atoms with van der Waals surface area (Å²) in [4.78, 5) is 14.4. The lowest BCUT2D eigenvalue weighted by atomic mass is 9.98. The maximum atomic E-state index is 12.4. The van der Waals surface area contributed by atoms with E-state index in [0.717, 1.165) is 39.0 Å². The smallest absolute Gasteiger partial charge is 0.239 e. The van der Waals surface area contributed by atoms with E-state index < -0.39 is 0 Å². The van der Waals surface area contributed by atoms with Crippen LogP contribution in [-0.2, 0) is 9.53 Å². The molecular formula is C14H26N2O2. The number of likely N-dealkylation sites (tertiary alicyclic amines) is 1. The van der Waals surface area contributed by atoms with Crippen LogP contribution in [0.25, 0.3) is 0 Å². The van der Waals surface area contributed by atoms with Crippen molar-refractivity contribution in [2.45, 2.75) is 58.2 Å². The lowest BCUT2D eigenvalue weighted by molar-refractivity contribution is -0.137. The first kappa shape index (κ1) is 13.8. The van der Waals surface area contributed by atoms with Gasteiger partial charge < -0.3 is 15.0 Å². The molecule has 0 aliphatic carbocycles. The van der Waals surface area contributed by atoms with Crippen LogP contribution in [0, 0.1) is 5.92 Å². The number of nitrogens with zero attached hydrogens (tertiary/aromatic N) is 1. The van der Waals surface area contributed by atoms with Gasteiger partial charge in [-0.05, 0) is 26.2 Å². The molecule has 4 heteroatoms.